The van der Waals surface area contributed by atoms with E-state index in [2.05, 4.69) is 10.2 Å². The van der Waals surface area contributed by atoms with E-state index in [4.69, 9.17) is 23.7 Å². The van der Waals surface area contributed by atoms with Gasteiger partial charge in [0, 0.05) is 26.2 Å². The van der Waals surface area contributed by atoms with Crippen LogP contribution in [0.1, 0.15) is 5.56 Å². The van der Waals surface area contributed by atoms with Gasteiger partial charge in [0.05, 0.1) is 27.4 Å². The van der Waals surface area contributed by atoms with Crippen LogP contribution in [0.4, 0.5) is 0 Å². The third-order valence-electron chi connectivity index (χ3n) is 5.16. The van der Waals surface area contributed by atoms with E-state index < -0.39 is 0 Å². The first kappa shape index (κ1) is 23.7. The Bertz CT molecular complexity index is 837. The van der Waals surface area contributed by atoms with E-state index >= 15 is 0 Å². The molecule has 8 heteroatoms. The van der Waals surface area contributed by atoms with Gasteiger partial charge in [0.15, 0.2) is 18.1 Å². The number of methoxy groups -OCH3 is 2. The van der Waals surface area contributed by atoms with Crippen molar-refractivity contribution < 1.29 is 28.5 Å². The number of amides is 1. The Labute approximate surface area is 189 Å². The Morgan fingerprint density at radius 2 is 1.66 bits per heavy atom. The van der Waals surface area contributed by atoms with Crippen molar-refractivity contribution in [2.75, 3.05) is 66.8 Å². The standard InChI is InChI=1S/C24H32N2O6/c1-28-22-8-3-19(17-23(22)29-2)9-10-25-24(27)18-32-21-6-4-20(5-7-21)31-16-13-26-11-14-30-15-12-26/h3-8,17H,9-16,18H2,1-2H3,(H,25,27). The highest BCUT2D eigenvalue weighted by Crippen LogP contribution is 2.27. The number of nitrogens with one attached hydrogen (secondary N) is 1. The van der Waals surface area contributed by atoms with E-state index in [0.29, 0.717) is 36.8 Å². The number of hydrogen-bond donors (Lipinski definition) is 1. The van der Waals surface area contributed by atoms with Crippen molar-refractivity contribution in [3.63, 3.8) is 0 Å². The van der Waals surface area contributed by atoms with Crippen molar-refractivity contribution in [2.24, 2.45) is 0 Å². The Hall–Kier alpha value is -2.97. The quantitative estimate of drug-likeness (QED) is 0.537. The molecule has 0 spiro atoms. The van der Waals surface area contributed by atoms with Crippen LogP contribution in [0.3, 0.4) is 0 Å². The molecule has 0 unspecified atom stereocenters. The summed E-state index contributed by atoms with van der Waals surface area (Å²) in [6, 6.07) is 13.0. The average molecular weight is 445 g/mol. The normalized spacial score (nSPS) is 13.9. The van der Waals surface area contributed by atoms with Gasteiger partial charge in [-0.2, -0.15) is 0 Å². The fourth-order valence-electron chi connectivity index (χ4n) is 3.33. The highest BCUT2D eigenvalue weighted by Gasteiger charge is 2.10. The molecular weight excluding hydrogens is 412 g/mol. The Morgan fingerprint density at radius 3 is 2.34 bits per heavy atom. The first-order valence-corrected chi connectivity index (χ1v) is 10.8. The smallest absolute Gasteiger partial charge is 0.257 e. The molecule has 0 saturated carbocycles. The van der Waals surface area contributed by atoms with Gasteiger partial charge in [0.1, 0.15) is 18.1 Å². The summed E-state index contributed by atoms with van der Waals surface area (Å²) < 4.78 is 27.2. The lowest BCUT2D eigenvalue weighted by molar-refractivity contribution is -0.123. The van der Waals surface area contributed by atoms with Gasteiger partial charge in [0.2, 0.25) is 0 Å². The van der Waals surface area contributed by atoms with E-state index in [1.54, 1.807) is 26.4 Å². The van der Waals surface area contributed by atoms with E-state index in [1.807, 2.05) is 30.3 Å². The molecule has 1 fully saturated rings. The molecular formula is C24H32N2O6. The third kappa shape index (κ3) is 7.62. The molecule has 0 bridgehead atoms. The fraction of sp³-hybridized carbons (Fsp3) is 0.458. The van der Waals surface area contributed by atoms with Gasteiger partial charge in [-0.25, -0.2) is 0 Å². The summed E-state index contributed by atoms with van der Waals surface area (Å²) in [5.74, 6) is 2.59. The molecule has 0 atom stereocenters. The summed E-state index contributed by atoms with van der Waals surface area (Å²) in [6.45, 7) is 5.45. The zero-order chi connectivity index (χ0) is 22.6. The van der Waals surface area contributed by atoms with Crippen molar-refractivity contribution in [1.82, 2.24) is 10.2 Å². The van der Waals surface area contributed by atoms with Gasteiger partial charge in [0.25, 0.3) is 5.91 Å². The number of benzene rings is 2. The maximum absolute atomic E-state index is 12.1. The van der Waals surface area contributed by atoms with Gasteiger partial charge < -0.3 is 29.0 Å². The molecule has 0 aromatic heterocycles. The van der Waals surface area contributed by atoms with Crippen molar-refractivity contribution >= 4 is 5.91 Å². The lowest BCUT2D eigenvalue weighted by Gasteiger charge is -2.26. The summed E-state index contributed by atoms with van der Waals surface area (Å²) in [7, 11) is 3.20. The molecule has 1 N–H and O–H groups in total. The number of rotatable bonds is 12. The largest absolute Gasteiger partial charge is 0.493 e. The molecule has 1 amide bonds. The predicted octanol–water partition coefficient (Wildman–Crippen LogP) is 2.15. The summed E-state index contributed by atoms with van der Waals surface area (Å²) >= 11 is 0. The average Bonchev–Trinajstić information content (AvgIpc) is 2.84. The van der Waals surface area contributed by atoms with Crippen LogP contribution >= 0.6 is 0 Å². The highest BCUT2D eigenvalue weighted by atomic mass is 16.5. The van der Waals surface area contributed by atoms with Crippen LogP contribution < -0.4 is 24.3 Å². The molecule has 1 aliphatic heterocycles. The molecule has 0 radical (unpaired) electrons. The minimum atomic E-state index is -0.170. The summed E-state index contributed by atoms with van der Waals surface area (Å²) in [5.41, 5.74) is 1.05. The van der Waals surface area contributed by atoms with Crippen LogP contribution in [0.5, 0.6) is 23.0 Å². The summed E-state index contributed by atoms with van der Waals surface area (Å²) in [4.78, 5) is 14.4. The first-order chi connectivity index (χ1) is 15.7. The van der Waals surface area contributed by atoms with Crippen LogP contribution in [0.15, 0.2) is 42.5 Å². The molecule has 174 valence electrons. The SMILES string of the molecule is COc1ccc(CCNC(=O)COc2ccc(OCCN3CCOCC3)cc2)cc1OC. The topological polar surface area (TPSA) is 78.5 Å². The number of ether oxygens (including phenoxy) is 5. The van der Waals surface area contributed by atoms with Gasteiger partial charge in [-0.05, 0) is 48.4 Å². The van der Waals surface area contributed by atoms with Gasteiger partial charge >= 0.3 is 0 Å². The van der Waals surface area contributed by atoms with Crippen LogP contribution in [0.2, 0.25) is 0 Å². The molecule has 2 aromatic carbocycles. The van der Waals surface area contributed by atoms with Crippen LogP contribution in [-0.4, -0.2) is 77.6 Å². The van der Waals surface area contributed by atoms with Gasteiger partial charge in [-0.15, -0.1) is 0 Å². The van der Waals surface area contributed by atoms with E-state index in [-0.39, 0.29) is 12.5 Å². The number of carbonyl (C=O) groups excluding carboxylic acids is 1. The Kier molecular flexibility index (Phi) is 9.46. The third-order valence-corrected chi connectivity index (χ3v) is 5.16. The van der Waals surface area contributed by atoms with Crippen molar-refractivity contribution in [3.8, 4) is 23.0 Å². The molecule has 1 heterocycles. The van der Waals surface area contributed by atoms with E-state index in [1.165, 1.54) is 0 Å². The molecule has 8 nitrogen and oxygen atoms in total. The number of carbonyl (C=O) groups is 1. The zero-order valence-corrected chi connectivity index (χ0v) is 18.8. The van der Waals surface area contributed by atoms with Crippen molar-refractivity contribution in [3.05, 3.63) is 48.0 Å². The maximum Gasteiger partial charge on any atom is 0.257 e. The van der Waals surface area contributed by atoms with Crippen LogP contribution in [-0.2, 0) is 16.0 Å². The fourth-order valence-corrected chi connectivity index (χ4v) is 3.33. The monoisotopic (exact) mass is 444 g/mol. The van der Waals surface area contributed by atoms with Crippen LogP contribution in [0.25, 0.3) is 0 Å². The second-order valence-electron chi connectivity index (χ2n) is 7.35. The van der Waals surface area contributed by atoms with Gasteiger partial charge in [-0.3, -0.25) is 9.69 Å². The number of nitrogens with zero attached hydrogens (tertiary/aromatic N) is 1. The predicted molar refractivity (Wildman–Crippen MR) is 121 cm³/mol. The number of morpholine rings is 1. The van der Waals surface area contributed by atoms with E-state index in [0.717, 1.165) is 44.2 Å². The highest BCUT2D eigenvalue weighted by molar-refractivity contribution is 5.77. The van der Waals surface area contributed by atoms with Crippen LogP contribution in [0, 0.1) is 0 Å². The van der Waals surface area contributed by atoms with E-state index in [9.17, 15) is 4.79 Å². The number of hydrogen-bond acceptors (Lipinski definition) is 7. The van der Waals surface area contributed by atoms with Crippen molar-refractivity contribution in [1.29, 1.82) is 0 Å². The minimum Gasteiger partial charge on any atom is -0.493 e. The molecule has 1 aliphatic rings. The first-order valence-electron chi connectivity index (χ1n) is 10.8. The summed E-state index contributed by atoms with van der Waals surface area (Å²) in [5, 5.41) is 2.86. The minimum absolute atomic E-state index is 0.0385. The lowest BCUT2D eigenvalue weighted by atomic mass is 10.1. The second-order valence-corrected chi connectivity index (χ2v) is 7.35. The lowest BCUT2D eigenvalue weighted by Crippen LogP contribution is -2.38. The maximum atomic E-state index is 12.1. The Balaban J connectivity index is 1.32. The summed E-state index contributed by atoms with van der Waals surface area (Å²) in [6.07, 6.45) is 0.683. The molecule has 1 saturated heterocycles. The molecule has 32 heavy (non-hydrogen) atoms. The molecule has 0 aliphatic carbocycles. The molecule has 2 aromatic rings. The zero-order valence-electron chi connectivity index (χ0n) is 18.8. The Morgan fingerprint density at radius 1 is 0.969 bits per heavy atom. The van der Waals surface area contributed by atoms with Gasteiger partial charge in [-0.1, -0.05) is 6.07 Å². The molecule has 3 rings (SSSR count). The van der Waals surface area contributed by atoms with Crippen molar-refractivity contribution in [2.45, 2.75) is 6.42 Å². The second kappa shape index (κ2) is 12.8.